The first-order valence-electron chi connectivity index (χ1n) is 6.73. The summed E-state index contributed by atoms with van der Waals surface area (Å²) in [6.45, 7) is 6.27. The molecule has 0 fully saturated rings. The number of hydrogen-bond donors (Lipinski definition) is 1. The van der Waals surface area contributed by atoms with Crippen LogP contribution >= 0.6 is 15.9 Å². The van der Waals surface area contributed by atoms with E-state index < -0.39 is 0 Å². The second-order valence-electron chi connectivity index (χ2n) is 4.66. The highest BCUT2D eigenvalue weighted by Crippen LogP contribution is 2.22. The van der Waals surface area contributed by atoms with Crippen LogP contribution in [0.2, 0.25) is 0 Å². The number of ether oxygens (including phenoxy) is 1. The molecular formula is C15H19BrN2O2. The van der Waals surface area contributed by atoms with Gasteiger partial charge in [0, 0.05) is 17.1 Å². The first kappa shape index (κ1) is 15.1. The molecule has 0 atom stereocenters. The smallest absolute Gasteiger partial charge is 0.174 e. The Morgan fingerprint density at radius 3 is 2.95 bits per heavy atom. The highest BCUT2D eigenvalue weighted by molar-refractivity contribution is 9.10. The van der Waals surface area contributed by atoms with Crippen LogP contribution in [0.25, 0.3) is 0 Å². The molecule has 2 aromatic rings. The molecule has 1 heterocycles. The van der Waals surface area contributed by atoms with Crippen molar-refractivity contribution in [1.29, 1.82) is 0 Å². The SMILES string of the molecule is CCCNCc1cc(COc2ccc(Br)c(C)c2)on1. The number of nitrogens with zero attached hydrogens (tertiary/aromatic N) is 1. The maximum Gasteiger partial charge on any atom is 0.174 e. The van der Waals surface area contributed by atoms with Crippen LogP contribution in [-0.4, -0.2) is 11.7 Å². The van der Waals surface area contributed by atoms with Gasteiger partial charge >= 0.3 is 0 Å². The Morgan fingerprint density at radius 1 is 1.35 bits per heavy atom. The summed E-state index contributed by atoms with van der Waals surface area (Å²) >= 11 is 3.47. The van der Waals surface area contributed by atoms with E-state index in [1.54, 1.807) is 0 Å². The summed E-state index contributed by atoms with van der Waals surface area (Å²) in [4.78, 5) is 0. The summed E-state index contributed by atoms with van der Waals surface area (Å²) < 4.78 is 12.0. The molecule has 0 unspecified atom stereocenters. The lowest BCUT2D eigenvalue weighted by molar-refractivity contribution is 0.248. The molecule has 0 radical (unpaired) electrons. The van der Waals surface area contributed by atoms with Gasteiger partial charge in [-0.25, -0.2) is 0 Å². The van der Waals surface area contributed by atoms with E-state index in [0.717, 1.165) is 46.8 Å². The fourth-order valence-corrected chi connectivity index (χ4v) is 2.01. The van der Waals surface area contributed by atoms with Crippen molar-refractivity contribution in [2.75, 3.05) is 6.54 Å². The third-order valence-corrected chi connectivity index (χ3v) is 3.74. The molecule has 0 saturated carbocycles. The van der Waals surface area contributed by atoms with E-state index in [4.69, 9.17) is 9.26 Å². The summed E-state index contributed by atoms with van der Waals surface area (Å²) in [5.74, 6) is 1.56. The zero-order valence-corrected chi connectivity index (χ0v) is 13.4. The number of halogens is 1. The number of aromatic nitrogens is 1. The van der Waals surface area contributed by atoms with E-state index in [-0.39, 0.29) is 0 Å². The number of hydrogen-bond acceptors (Lipinski definition) is 4. The molecule has 0 aliphatic carbocycles. The van der Waals surface area contributed by atoms with E-state index >= 15 is 0 Å². The van der Waals surface area contributed by atoms with Crippen LogP contribution in [0, 0.1) is 6.92 Å². The third kappa shape index (κ3) is 4.35. The average Bonchev–Trinajstić information content (AvgIpc) is 2.88. The molecule has 1 N–H and O–H groups in total. The van der Waals surface area contributed by atoms with Crippen LogP contribution < -0.4 is 10.1 Å². The van der Waals surface area contributed by atoms with E-state index in [2.05, 4.69) is 33.3 Å². The zero-order chi connectivity index (χ0) is 14.4. The van der Waals surface area contributed by atoms with Gasteiger partial charge in [0.25, 0.3) is 0 Å². The third-order valence-electron chi connectivity index (χ3n) is 2.85. The minimum absolute atomic E-state index is 0.391. The van der Waals surface area contributed by atoms with E-state index in [0.29, 0.717) is 6.61 Å². The van der Waals surface area contributed by atoms with Crippen molar-refractivity contribution >= 4 is 15.9 Å². The molecule has 4 nitrogen and oxygen atoms in total. The van der Waals surface area contributed by atoms with Crippen LogP contribution in [0.15, 0.2) is 33.3 Å². The molecule has 2 rings (SSSR count). The molecule has 108 valence electrons. The molecule has 0 aliphatic heterocycles. The molecular weight excluding hydrogens is 320 g/mol. The summed E-state index contributed by atoms with van der Waals surface area (Å²) in [5, 5.41) is 7.29. The van der Waals surface area contributed by atoms with Gasteiger partial charge in [-0.1, -0.05) is 28.0 Å². The molecule has 5 heteroatoms. The second kappa shape index (κ2) is 7.45. The lowest BCUT2D eigenvalue weighted by Gasteiger charge is -2.05. The van der Waals surface area contributed by atoms with Gasteiger partial charge in [0.1, 0.15) is 12.4 Å². The quantitative estimate of drug-likeness (QED) is 0.779. The lowest BCUT2D eigenvalue weighted by Crippen LogP contribution is -2.13. The van der Waals surface area contributed by atoms with Crippen LogP contribution in [-0.2, 0) is 13.2 Å². The Bertz CT molecular complexity index is 555. The monoisotopic (exact) mass is 338 g/mol. The number of aryl methyl sites for hydroxylation is 1. The van der Waals surface area contributed by atoms with Crippen molar-refractivity contribution in [1.82, 2.24) is 10.5 Å². The summed E-state index contributed by atoms with van der Waals surface area (Å²) in [6, 6.07) is 7.82. The highest BCUT2D eigenvalue weighted by Gasteiger charge is 2.05. The first-order chi connectivity index (χ1) is 9.69. The summed E-state index contributed by atoms with van der Waals surface area (Å²) in [7, 11) is 0. The van der Waals surface area contributed by atoms with Gasteiger partial charge in [0.05, 0.1) is 5.69 Å². The zero-order valence-electron chi connectivity index (χ0n) is 11.8. The fourth-order valence-electron chi connectivity index (χ4n) is 1.76. The van der Waals surface area contributed by atoms with Gasteiger partial charge in [-0.2, -0.15) is 0 Å². The Hall–Kier alpha value is -1.33. The molecule has 1 aromatic carbocycles. The Morgan fingerprint density at radius 2 is 2.20 bits per heavy atom. The molecule has 0 amide bonds. The van der Waals surface area contributed by atoms with Crippen LogP contribution in [0.3, 0.4) is 0 Å². The van der Waals surface area contributed by atoms with Gasteiger partial charge in [0.2, 0.25) is 0 Å². The van der Waals surface area contributed by atoms with Gasteiger partial charge in [-0.3, -0.25) is 0 Å². The largest absolute Gasteiger partial charge is 0.486 e. The standard InChI is InChI=1S/C15H19BrN2O2/c1-3-6-17-9-12-8-14(20-18-12)10-19-13-4-5-15(16)11(2)7-13/h4-5,7-8,17H,3,6,9-10H2,1-2H3. The van der Waals surface area contributed by atoms with Crippen LogP contribution in [0.1, 0.15) is 30.4 Å². The minimum atomic E-state index is 0.391. The van der Waals surface area contributed by atoms with Crippen molar-refractivity contribution in [2.45, 2.75) is 33.4 Å². The lowest BCUT2D eigenvalue weighted by atomic mass is 10.2. The number of nitrogens with one attached hydrogen (secondary N) is 1. The summed E-state index contributed by atoms with van der Waals surface area (Å²) in [6.07, 6.45) is 1.11. The van der Waals surface area contributed by atoms with Crippen molar-refractivity contribution in [2.24, 2.45) is 0 Å². The molecule has 0 bridgehead atoms. The molecule has 0 spiro atoms. The Labute approximate surface area is 127 Å². The van der Waals surface area contributed by atoms with Crippen molar-refractivity contribution in [3.8, 4) is 5.75 Å². The van der Waals surface area contributed by atoms with E-state index in [1.807, 2.05) is 31.2 Å². The van der Waals surface area contributed by atoms with E-state index in [9.17, 15) is 0 Å². The first-order valence-corrected chi connectivity index (χ1v) is 7.52. The number of rotatable bonds is 7. The normalized spacial score (nSPS) is 10.8. The van der Waals surface area contributed by atoms with Crippen molar-refractivity contribution < 1.29 is 9.26 Å². The maximum absolute atomic E-state index is 5.69. The van der Waals surface area contributed by atoms with Crippen LogP contribution in [0.4, 0.5) is 0 Å². The minimum Gasteiger partial charge on any atom is -0.486 e. The molecule has 0 aliphatic rings. The van der Waals surface area contributed by atoms with Crippen molar-refractivity contribution in [3.05, 3.63) is 45.8 Å². The van der Waals surface area contributed by atoms with Crippen molar-refractivity contribution in [3.63, 3.8) is 0 Å². The molecule has 1 aromatic heterocycles. The van der Waals surface area contributed by atoms with Gasteiger partial charge < -0.3 is 14.6 Å². The van der Waals surface area contributed by atoms with Crippen LogP contribution in [0.5, 0.6) is 5.75 Å². The predicted molar refractivity (Wildman–Crippen MR) is 81.7 cm³/mol. The Kier molecular flexibility index (Phi) is 5.61. The van der Waals surface area contributed by atoms with Gasteiger partial charge in [0.15, 0.2) is 5.76 Å². The average molecular weight is 339 g/mol. The highest BCUT2D eigenvalue weighted by atomic mass is 79.9. The maximum atomic E-state index is 5.69. The van der Waals surface area contributed by atoms with E-state index in [1.165, 1.54) is 0 Å². The van der Waals surface area contributed by atoms with Gasteiger partial charge in [-0.15, -0.1) is 0 Å². The molecule has 20 heavy (non-hydrogen) atoms. The predicted octanol–water partition coefficient (Wildman–Crippen LogP) is 3.82. The Balaban J connectivity index is 1.85. The fraction of sp³-hybridized carbons (Fsp3) is 0.400. The molecule has 0 saturated heterocycles. The van der Waals surface area contributed by atoms with Gasteiger partial charge in [-0.05, 0) is 43.7 Å². The summed E-state index contributed by atoms with van der Waals surface area (Å²) in [5.41, 5.74) is 2.05. The number of benzene rings is 1. The topological polar surface area (TPSA) is 47.3 Å². The second-order valence-corrected chi connectivity index (χ2v) is 5.52.